The van der Waals surface area contributed by atoms with E-state index in [1.54, 1.807) is 6.92 Å². The Balaban J connectivity index is 1.69. The summed E-state index contributed by atoms with van der Waals surface area (Å²) in [6.07, 6.45) is 0. The molecule has 0 N–H and O–H groups in total. The summed E-state index contributed by atoms with van der Waals surface area (Å²) in [6.45, 7) is 5.72. The van der Waals surface area contributed by atoms with E-state index < -0.39 is 10.0 Å². The predicted octanol–water partition coefficient (Wildman–Crippen LogP) is 1.48. The summed E-state index contributed by atoms with van der Waals surface area (Å²) in [6, 6.07) is 7.80. The Hall–Kier alpha value is -1.47. The van der Waals surface area contributed by atoms with Gasteiger partial charge in [-0.3, -0.25) is 4.99 Å². The molecule has 0 aliphatic carbocycles. The fraction of sp³-hybridized carbons (Fsp3) is 0.533. The third-order valence-electron chi connectivity index (χ3n) is 4.24. The number of aliphatic imine (C=N–C) groups is 1. The van der Waals surface area contributed by atoms with E-state index in [0.29, 0.717) is 19.0 Å². The predicted molar refractivity (Wildman–Crippen MR) is 93.7 cm³/mol. The van der Waals surface area contributed by atoms with Gasteiger partial charge in [-0.25, -0.2) is 12.7 Å². The minimum Gasteiger partial charge on any atom is -0.367 e. The maximum atomic E-state index is 12.2. The minimum absolute atomic E-state index is 0.103. The molecule has 0 spiro atoms. The molecule has 6 nitrogen and oxygen atoms in total. The molecule has 0 radical (unpaired) electrons. The summed E-state index contributed by atoms with van der Waals surface area (Å²) in [7, 11) is -3.24. The second kappa shape index (κ2) is 6.57. The molecule has 2 aliphatic heterocycles. The summed E-state index contributed by atoms with van der Waals surface area (Å²) in [5.41, 5.74) is 1.03. The zero-order valence-electron chi connectivity index (χ0n) is 13.2. The van der Waals surface area contributed by atoms with Crippen molar-refractivity contribution in [2.45, 2.75) is 6.92 Å². The third kappa shape index (κ3) is 3.26. The van der Waals surface area contributed by atoms with Gasteiger partial charge in [0, 0.05) is 26.2 Å². The number of hydrogen-bond donors (Lipinski definition) is 0. The average molecular weight is 357 g/mol. The number of nitrogens with zero attached hydrogens (tertiary/aromatic N) is 4. The average Bonchev–Trinajstić information content (AvgIpc) is 3.06. The molecule has 0 atom stereocenters. The van der Waals surface area contributed by atoms with Gasteiger partial charge in [-0.1, -0.05) is 23.7 Å². The number of halogens is 1. The van der Waals surface area contributed by atoms with Crippen LogP contribution in [0.15, 0.2) is 29.3 Å². The maximum absolute atomic E-state index is 12.2. The van der Waals surface area contributed by atoms with Crippen LogP contribution in [0.4, 0.5) is 5.69 Å². The summed E-state index contributed by atoms with van der Waals surface area (Å²) < 4.78 is 25.8. The van der Waals surface area contributed by atoms with E-state index in [1.807, 2.05) is 24.3 Å². The Bertz CT molecular complexity index is 699. The first-order chi connectivity index (χ1) is 11.0. The molecule has 0 aromatic heterocycles. The van der Waals surface area contributed by atoms with Gasteiger partial charge in [0.15, 0.2) is 0 Å². The Labute approximate surface area is 142 Å². The number of piperazine rings is 1. The van der Waals surface area contributed by atoms with E-state index in [2.05, 4.69) is 14.8 Å². The van der Waals surface area contributed by atoms with Crippen molar-refractivity contribution in [2.24, 2.45) is 4.99 Å². The van der Waals surface area contributed by atoms with E-state index in [-0.39, 0.29) is 5.75 Å². The van der Waals surface area contributed by atoms with Crippen LogP contribution in [0.3, 0.4) is 0 Å². The summed E-state index contributed by atoms with van der Waals surface area (Å²) >= 11 is 6.26. The number of anilines is 1. The maximum Gasteiger partial charge on any atom is 0.237 e. The molecule has 2 heterocycles. The molecule has 23 heavy (non-hydrogen) atoms. The van der Waals surface area contributed by atoms with E-state index in [0.717, 1.165) is 36.9 Å². The van der Waals surface area contributed by atoms with Crippen molar-refractivity contribution in [2.75, 3.05) is 49.9 Å². The van der Waals surface area contributed by atoms with Crippen molar-refractivity contribution in [1.82, 2.24) is 9.21 Å². The Morgan fingerprint density at radius 1 is 1.09 bits per heavy atom. The number of benzene rings is 1. The summed E-state index contributed by atoms with van der Waals surface area (Å²) in [5.74, 6) is 0.705. The largest absolute Gasteiger partial charge is 0.367 e. The van der Waals surface area contributed by atoms with E-state index in [9.17, 15) is 8.42 Å². The molecule has 1 saturated heterocycles. The van der Waals surface area contributed by atoms with Crippen molar-refractivity contribution in [3.05, 3.63) is 29.3 Å². The smallest absolute Gasteiger partial charge is 0.237 e. The number of rotatable bonds is 3. The molecule has 0 saturated carbocycles. The molecular formula is C15H21ClN4O2S. The SMILES string of the molecule is CCS(=O)(=O)N1CCN=C1N1CCN(c2ccccc2Cl)CC1. The van der Waals surface area contributed by atoms with Crippen LogP contribution < -0.4 is 4.90 Å². The molecule has 3 rings (SSSR count). The normalized spacial score (nSPS) is 19.2. The second-order valence-electron chi connectivity index (χ2n) is 5.58. The van der Waals surface area contributed by atoms with Gasteiger partial charge in [-0.15, -0.1) is 0 Å². The zero-order chi connectivity index (χ0) is 16.4. The highest BCUT2D eigenvalue weighted by molar-refractivity contribution is 7.89. The number of hydrogen-bond acceptors (Lipinski definition) is 5. The lowest BCUT2D eigenvalue weighted by molar-refractivity contribution is 0.358. The van der Waals surface area contributed by atoms with Gasteiger partial charge in [0.05, 0.1) is 29.6 Å². The fourth-order valence-corrected chi connectivity index (χ4v) is 4.30. The van der Waals surface area contributed by atoms with E-state index >= 15 is 0 Å². The third-order valence-corrected chi connectivity index (χ3v) is 6.30. The standard InChI is InChI=1S/C15H21ClN4O2S/c1-2-23(21,22)20-8-7-17-15(20)19-11-9-18(10-12-19)14-6-4-3-5-13(14)16/h3-6H,2,7-12H2,1H3. The molecule has 2 aliphatic rings. The molecule has 1 fully saturated rings. The molecule has 0 unspecified atom stereocenters. The molecule has 126 valence electrons. The monoisotopic (exact) mass is 356 g/mol. The van der Waals surface area contributed by atoms with Gasteiger partial charge in [-0.05, 0) is 19.1 Å². The molecule has 0 bridgehead atoms. The number of para-hydroxylation sites is 1. The quantitative estimate of drug-likeness (QED) is 0.823. The van der Waals surface area contributed by atoms with Crippen LogP contribution >= 0.6 is 11.6 Å². The molecule has 1 aromatic carbocycles. The first-order valence-corrected chi connectivity index (χ1v) is 9.81. The number of sulfonamides is 1. The lowest BCUT2D eigenvalue weighted by Crippen LogP contribution is -2.53. The van der Waals surface area contributed by atoms with Crippen LogP contribution in [0, 0.1) is 0 Å². The van der Waals surface area contributed by atoms with E-state index in [1.165, 1.54) is 4.31 Å². The number of guanidine groups is 1. The van der Waals surface area contributed by atoms with E-state index in [4.69, 9.17) is 11.6 Å². The summed E-state index contributed by atoms with van der Waals surface area (Å²) in [5, 5.41) is 0.745. The lowest BCUT2D eigenvalue weighted by atomic mass is 10.2. The highest BCUT2D eigenvalue weighted by Gasteiger charge is 2.32. The van der Waals surface area contributed by atoms with Crippen LogP contribution in [0.5, 0.6) is 0 Å². The van der Waals surface area contributed by atoms with Crippen molar-refractivity contribution < 1.29 is 8.42 Å². The van der Waals surface area contributed by atoms with Crippen molar-refractivity contribution >= 4 is 33.3 Å². The second-order valence-corrected chi connectivity index (χ2v) is 8.17. The lowest BCUT2D eigenvalue weighted by Gasteiger charge is -2.39. The van der Waals surface area contributed by atoms with Crippen LogP contribution in [0.2, 0.25) is 5.02 Å². The Morgan fingerprint density at radius 3 is 2.39 bits per heavy atom. The van der Waals surface area contributed by atoms with Crippen molar-refractivity contribution in [1.29, 1.82) is 0 Å². The van der Waals surface area contributed by atoms with Crippen LogP contribution in [-0.2, 0) is 10.0 Å². The van der Waals surface area contributed by atoms with Crippen LogP contribution in [-0.4, -0.2) is 68.6 Å². The van der Waals surface area contributed by atoms with Gasteiger partial charge in [0.2, 0.25) is 16.0 Å². The first kappa shape index (κ1) is 16.4. The van der Waals surface area contributed by atoms with Gasteiger partial charge in [0.25, 0.3) is 0 Å². The fourth-order valence-electron chi connectivity index (χ4n) is 2.95. The molecule has 1 aromatic rings. The minimum atomic E-state index is -3.24. The zero-order valence-corrected chi connectivity index (χ0v) is 14.7. The van der Waals surface area contributed by atoms with Gasteiger partial charge in [-0.2, -0.15) is 0 Å². The first-order valence-electron chi connectivity index (χ1n) is 7.82. The summed E-state index contributed by atoms with van der Waals surface area (Å²) in [4.78, 5) is 8.71. The topological polar surface area (TPSA) is 56.2 Å². The Morgan fingerprint density at radius 2 is 1.74 bits per heavy atom. The molecule has 8 heteroatoms. The van der Waals surface area contributed by atoms with Crippen molar-refractivity contribution in [3.8, 4) is 0 Å². The van der Waals surface area contributed by atoms with Gasteiger partial charge < -0.3 is 9.80 Å². The molecule has 0 amide bonds. The molecular weight excluding hydrogens is 336 g/mol. The highest BCUT2D eigenvalue weighted by Crippen LogP contribution is 2.26. The van der Waals surface area contributed by atoms with Gasteiger partial charge >= 0.3 is 0 Å². The Kier molecular flexibility index (Phi) is 4.68. The van der Waals surface area contributed by atoms with Crippen LogP contribution in [0.1, 0.15) is 6.92 Å². The van der Waals surface area contributed by atoms with Gasteiger partial charge in [0.1, 0.15) is 0 Å². The van der Waals surface area contributed by atoms with Crippen molar-refractivity contribution in [3.63, 3.8) is 0 Å². The van der Waals surface area contributed by atoms with Crippen LogP contribution in [0.25, 0.3) is 0 Å². The highest BCUT2D eigenvalue weighted by atomic mass is 35.5.